The summed E-state index contributed by atoms with van der Waals surface area (Å²) in [6.07, 6.45) is 2.20. The molecule has 3 heteroatoms. The third-order valence-corrected chi connectivity index (χ3v) is 1.46. The summed E-state index contributed by atoms with van der Waals surface area (Å²) in [6, 6.07) is -0.0405. The second-order valence-electron chi connectivity index (χ2n) is 3.29. The average Bonchev–Trinajstić information content (AvgIpc) is 1.84. The van der Waals surface area contributed by atoms with Gasteiger partial charge in [-0.25, -0.2) is 0 Å². The normalized spacial score (nSPS) is 13.1. The van der Waals surface area contributed by atoms with E-state index >= 15 is 0 Å². The van der Waals surface area contributed by atoms with Crippen LogP contribution in [0.25, 0.3) is 0 Å². The Morgan fingerprint density at radius 1 is 1.50 bits per heavy atom. The van der Waals surface area contributed by atoms with Gasteiger partial charge in [0.15, 0.2) is 0 Å². The molecule has 0 amide bonds. The zero-order chi connectivity index (χ0) is 9.56. The number of hydrogen-bond donors (Lipinski definition) is 1. The number of hydrogen-bond acceptors (Lipinski definition) is 3. The number of rotatable bonds is 5. The first-order chi connectivity index (χ1) is 5.56. The minimum absolute atomic E-state index is 0.0358. The third-order valence-electron chi connectivity index (χ3n) is 1.46. The van der Waals surface area contributed by atoms with Crippen LogP contribution >= 0.6 is 0 Å². The molecular formula is C9H19NO2. The maximum Gasteiger partial charge on any atom is 0.307 e. The van der Waals surface area contributed by atoms with E-state index in [4.69, 9.17) is 10.5 Å². The monoisotopic (exact) mass is 173 g/mol. The first kappa shape index (κ1) is 11.4. The van der Waals surface area contributed by atoms with E-state index in [1.54, 1.807) is 0 Å². The summed E-state index contributed by atoms with van der Waals surface area (Å²) in [7, 11) is 0. The zero-order valence-corrected chi connectivity index (χ0v) is 8.17. The summed E-state index contributed by atoms with van der Waals surface area (Å²) in [5, 5.41) is 0. The maximum atomic E-state index is 11.0. The number of esters is 1. The van der Waals surface area contributed by atoms with E-state index in [1.807, 2.05) is 20.8 Å². The van der Waals surface area contributed by atoms with Gasteiger partial charge in [0, 0.05) is 6.04 Å². The molecule has 1 atom stereocenters. The fourth-order valence-electron chi connectivity index (χ4n) is 0.998. The molecule has 0 aliphatic carbocycles. The Kier molecular flexibility index (Phi) is 5.72. The Bertz CT molecular complexity index is 134. The highest BCUT2D eigenvalue weighted by Crippen LogP contribution is 2.01. The van der Waals surface area contributed by atoms with Crippen LogP contribution in [0, 0.1) is 0 Å². The molecule has 0 bridgehead atoms. The molecule has 1 unspecified atom stereocenters. The molecule has 2 N–H and O–H groups in total. The number of carbonyl (C=O) groups is 1. The van der Waals surface area contributed by atoms with Gasteiger partial charge < -0.3 is 10.5 Å². The summed E-state index contributed by atoms with van der Waals surface area (Å²) in [6.45, 7) is 5.72. The molecule has 0 radical (unpaired) electrons. The summed E-state index contributed by atoms with van der Waals surface area (Å²) < 4.78 is 4.95. The van der Waals surface area contributed by atoms with Gasteiger partial charge in [0.1, 0.15) is 0 Å². The predicted octanol–water partition coefficient (Wildman–Crippen LogP) is 1.46. The molecule has 0 rings (SSSR count). The van der Waals surface area contributed by atoms with Crippen LogP contribution in [-0.4, -0.2) is 18.1 Å². The van der Waals surface area contributed by atoms with Gasteiger partial charge in [-0.1, -0.05) is 13.3 Å². The Balaban J connectivity index is 3.54. The van der Waals surface area contributed by atoms with Crippen molar-refractivity contribution in [1.82, 2.24) is 0 Å². The Hall–Kier alpha value is -0.570. The SMILES string of the molecule is CCCC(N)CC(=O)OC(C)C. The molecule has 0 saturated heterocycles. The molecule has 0 fully saturated rings. The van der Waals surface area contributed by atoms with Crippen LogP contribution in [0.1, 0.15) is 40.0 Å². The van der Waals surface area contributed by atoms with Crippen molar-refractivity contribution in [1.29, 1.82) is 0 Å². The van der Waals surface area contributed by atoms with Crippen molar-refractivity contribution in [3.8, 4) is 0 Å². The Labute approximate surface area is 74.3 Å². The van der Waals surface area contributed by atoms with Crippen LogP contribution in [0.15, 0.2) is 0 Å². The molecule has 0 aliphatic rings. The van der Waals surface area contributed by atoms with Gasteiger partial charge in [-0.15, -0.1) is 0 Å². The van der Waals surface area contributed by atoms with E-state index in [0.717, 1.165) is 12.8 Å². The van der Waals surface area contributed by atoms with Crippen molar-refractivity contribution in [2.24, 2.45) is 5.73 Å². The van der Waals surface area contributed by atoms with Crippen LogP contribution < -0.4 is 5.73 Å². The van der Waals surface area contributed by atoms with Crippen LogP contribution in [0.3, 0.4) is 0 Å². The van der Waals surface area contributed by atoms with Crippen molar-refractivity contribution in [3.05, 3.63) is 0 Å². The van der Waals surface area contributed by atoms with Gasteiger partial charge in [0.25, 0.3) is 0 Å². The fraction of sp³-hybridized carbons (Fsp3) is 0.889. The fourth-order valence-corrected chi connectivity index (χ4v) is 0.998. The second kappa shape index (κ2) is 6.00. The summed E-state index contributed by atoms with van der Waals surface area (Å²) in [5.74, 6) is -0.189. The van der Waals surface area contributed by atoms with E-state index < -0.39 is 0 Å². The molecule has 0 aromatic heterocycles. The van der Waals surface area contributed by atoms with Crippen molar-refractivity contribution in [3.63, 3.8) is 0 Å². The molecule has 0 aromatic rings. The third kappa shape index (κ3) is 6.16. The minimum atomic E-state index is -0.189. The second-order valence-corrected chi connectivity index (χ2v) is 3.29. The standard InChI is InChI=1S/C9H19NO2/c1-4-5-8(10)6-9(11)12-7(2)3/h7-8H,4-6,10H2,1-3H3. The summed E-state index contributed by atoms with van der Waals surface area (Å²) in [4.78, 5) is 11.0. The Morgan fingerprint density at radius 3 is 2.50 bits per heavy atom. The largest absolute Gasteiger partial charge is 0.463 e. The van der Waals surface area contributed by atoms with Gasteiger partial charge in [0.2, 0.25) is 0 Å². The van der Waals surface area contributed by atoms with Crippen molar-refractivity contribution < 1.29 is 9.53 Å². The van der Waals surface area contributed by atoms with Gasteiger partial charge in [-0.3, -0.25) is 4.79 Å². The van der Waals surface area contributed by atoms with E-state index in [1.165, 1.54) is 0 Å². The van der Waals surface area contributed by atoms with Gasteiger partial charge >= 0.3 is 5.97 Å². The lowest BCUT2D eigenvalue weighted by Crippen LogP contribution is -2.25. The van der Waals surface area contributed by atoms with Gasteiger partial charge in [0.05, 0.1) is 12.5 Å². The topological polar surface area (TPSA) is 52.3 Å². The molecular weight excluding hydrogens is 154 g/mol. The highest BCUT2D eigenvalue weighted by Gasteiger charge is 2.10. The lowest BCUT2D eigenvalue weighted by molar-refractivity contribution is -0.147. The molecule has 0 aromatic carbocycles. The predicted molar refractivity (Wildman–Crippen MR) is 48.7 cm³/mol. The number of ether oxygens (including phenoxy) is 1. The molecule has 0 aliphatic heterocycles. The smallest absolute Gasteiger partial charge is 0.307 e. The maximum absolute atomic E-state index is 11.0. The highest BCUT2D eigenvalue weighted by molar-refractivity contribution is 5.70. The van der Waals surface area contributed by atoms with Gasteiger partial charge in [-0.05, 0) is 20.3 Å². The zero-order valence-electron chi connectivity index (χ0n) is 8.17. The Morgan fingerprint density at radius 2 is 2.08 bits per heavy atom. The van der Waals surface area contributed by atoms with Crippen LogP contribution in [0.2, 0.25) is 0 Å². The van der Waals surface area contributed by atoms with Crippen molar-refractivity contribution in [2.45, 2.75) is 52.2 Å². The molecule has 0 spiro atoms. The highest BCUT2D eigenvalue weighted by atomic mass is 16.5. The van der Waals surface area contributed by atoms with Crippen molar-refractivity contribution in [2.75, 3.05) is 0 Å². The van der Waals surface area contributed by atoms with Crippen LogP contribution in [0.5, 0.6) is 0 Å². The van der Waals surface area contributed by atoms with E-state index in [9.17, 15) is 4.79 Å². The van der Waals surface area contributed by atoms with Crippen LogP contribution in [0.4, 0.5) is 0 Å². The first-order valence-electron chi connectivity index (χ1n) is 4.51. The summed E-state index contributed by atoms with van der Waals surface area (Å²) >= 11 is 0. The molecule has 72 valence electrons. The van der Waals surface area contributed by atoms with Gasteiger partial charge in [-0.2, -0.15) is 0 Å². The minimum Gasteiger partial charge on any atom is -0.463 e. The lowest BCUT2D eigenvalue weighted by atomic mass is 10.1. The van der Waals surface area contributed by atoms with Crippen molar-refractivity contribution >= 4 is 5.97 Å². The summed E-state index contributed by atoms with van der Waals surface area (Å²) in [5.41, 5.74) is 5.66. The molecule has 0 heterocycles. The molecule has 3 nitrogen and oxygen atoms in total. The first-order valence-corrected chi connectivity index (χ1v) is 4.51. The average molecular weight is 173 g/mol. The molecule has 12 heavy (non-hydrogen) atoms. The van der Waals surface area contributed by atoms with E-state index in [2.05, 4.69) is 0 Å². The van der Waals surface area contributed by atoms with E-state index in [-0.39, 0.29) is 18.1 Å². The van der Waals surface area contributed by atoms with E-state index in [0.29, 0.717) is 6.42 Å². The van der Waals surface area contributed by atoms with Crippen LogP contribution in [-0.2, 0) is 9.53 Å². The lowest BCUT2D eigenvalue weighted by Gasteiger charge is -2.11. The molecule has 0 saturated carbocycles. The number of nitrogens with two attached hydrogens (primary N) is 1. The quantitative estimate of drug-likeness (QED) is 0.640. The number of carbonyl (C=O) groups excluding carboxylic acids is 1.